The van der Waals surface area contributed by atoms with Crippen LogP contribution in [-0.4, -0.2) is 6.36 Å². The highest BCUT2D eigenvalue weighted by Gasteiger charge is 2.31. The monoisotopic (exact) mass is 341 g/mol. The largest absolute Gasteiger partial charge is 0.573 e. The molecule has 1 atom stereocenters. The van der Waals surface area contributed by atoms with Gasteiger partial charge in [-0.2, -0.15) is 0 Å². The zero-order valence-corrected chi connectivity index (χ0v) is 12.1. The van der Waals surface area contributed by atoms with Gasteiger partial charge in [-0.1, -0.05) is 35.3 Å². The summed E-state index contributed by atoms with van der Waals surface area (Å²) in [5.74, 6) is -0.331. The van der Waals surface area contributed by atoms with Gasteiger partial charge in [0.15, 0.2) is 0 Å². The predicted octanol–water partition coefficient (Wildman–Crippen LogP) is 5.00. The summed E-state index contributed by atoms with van der Waals surface area (Å²) in [6, 6.07) is 6.36. The molecule has 8 heteroatoms. The molecular weight excluding hydrogens is 334 g/mol. The van der Waals surface area contributed by atoms with E-state index in [1.165, 1.54) is 18.2 Å². The van der Waals surface area contributed by atoms with Crippen molar-refractivity contribution in [3.05, 3.63) is 50.1 Å². The van der Waals surface area contributed by atoms with Crippen molar-refractivity contribution in [2.75, 3.05) is 0 Å². The summed E-state index contributed by atoms with van der Waals surface area (Å²) >= 11 is 12.9. The minimum absolute atomic E-state index is 0.331. The van der Waals surface area contributed by atoms with E-state index in [4.69, 9.17) is 28.9 Å². The SMILES string of the molecule is NC(c1cccc(OC(F)(F)F)c1)c1cc(Cl)sc1Cl. The van der Waals surface area contributed by atoms with E-state index < -0.39 is 12.4 Å². The van der Waals surface area contributed by atoms with Crippen LogP contribution in [0.25, 0.3) is 0 Å². The summed E-state index contributed by atoms with van der Waals surface area (Å²) in [4.78, 5) is 0. The van der Waals surface area contributed by atoms with Crippen LogP contribution in [0.2, 0.25) is 8.67 Å². The van der Waals surface area contributed by atoms with Crippen molar-refractivity contribution in [1.82, 2.24) is 0 Å². The van der Waals surface area contributed by atoms with Gasteiger partial charge in [0.05, 0.1) is 14.7 Å². The van der Waals surface area contributed by atoms with Crippen LogP contribution in [0, 0.1) is 0 Å². The highest BCUT2D eigenvalue weighted by Crippen LogP contribution is 2.37. The molecule has 1 heterocycles. The lowest BCUT2D eigenvalue weighted by Gasteiger charge is -2.14. The molecule has 108 valence electrons. The Kier molecular flexibility index (Phi) is 4.49. The van der Waals surface area contributed by atoms with Crippen LogP contribution in [0.3, 0.4) is 0 Å². The van der Waals surface area contributed by atoms with E-state index in [2.05, 4.69) is 4.74 Å². The van der Waals surface area contributed by atoms with Crippen molar-refractivity contribution in [2.24, 2.45) is 5.73 Å². The molecule has 0 aliphatic carbocycles. The van der Waals surface area contributed by atoms with Crippen LogP contribution >= 0.6 is 34.5 Å². The minimum Gasteiger partial charge on any atom is -0.406 e. The van der Waals surface area contributed by atoms with Crippen LogP contribution in [0.4, 0.5) is 13.2 Å². The van der Waals surface area contributed by atoms with E-state index in [-0.39, 0.29) is 5.75 Å². The normalized spacial score (nSPS) is 13.3. The Labute approximate surface area is 126 Å². The maximum absolute atomic E-state index is 12.2. The zero-order valence-electron chi connectivity index (χ0n) is 9.75. The molecule has 0 saturated carbocycles. The highest BCUT2D eigenvalue weighted by molar-refractivity contribution is 7.20. The Balaban J connectivity index is 2.29. The predicted molar refractivity (Wildman–Crippen MR) is 73.5 cm³/mol. The summed E-state index contributed by atoms with van der Waals surface area (Å²) in [7, 11) is 0. The van der Waals surface area contributed by atoms with Crippen molar-refractivity contribution < 1.29 is 17.9 Å². The molecule has 2 aromatic rings. The number of ether oxygens (including phenoxy) is 1. The molecule has 1 aromatic heterocycles. The number of thiophene rings is 1. The molecule has 0 saturated heterocycles. The molecule has 2 N–H and O–H groups in total. The fourth-order valence-corrected chi connectivity index (χ4v) is 3.20. The fraction of sp³-hybridized carbons (Fsp3) is 0.167. The Morgan fingerprint density at radius 1 is 1.20 bits per heavy atom. The quantitative estimate of drug-likeness (QED) is 0.852. The fourth-order valence-electron chi connectivity index (χ4n) is 1.65. The summed E-state index contributed by atoms with van der Waals surface area (Å²) < 4.78 is 41.2. The molecule has 1 aromatic carbocycles. The van der Waals surface area contributed by atoms with Gasteiger partial charge in [-0.3, -0.25) is 0 Å². The van der Waals surface area contributed by atoms with Gasteiger partial charge in [0.2, 0.25) is 0 Å². The lowest BCUT2D eigenvalue weighted by molar-refractivity contribution is -0.274. The number of alkyl halides is 3. The van der Waals surface area contributed by atoms with Crippen molar-refractivity contribution in [3.8, 4) is 5.75 Å². The van der Waals surface area contributed by atoms with Gasteiger partial charge < -0.3 is 10.5 Å². The number of nitrogens with two attached hydrogens (primary N) is 1. The smallest absolute Gasteiger partial charge is 0.406 e. The lowest BCUT2D eigenvalue weighted by Crippen LogP contribution is -2.18. The Morgan fingerprint density at radius 2 is 1.90 bits per heavy atom. The minimum atomic E-state index is -4.74. The molecule has 0 aliphatic rings. The molecule has 20 heavy (non-hydrogen) atoms. The molecule has 2 nitrogen and oxygen atoms in total. The Morgan fingerprint density at radius 3 is 2.45 bits per heavy atom. The van der Waals surface area contributed by atoms with Crippen molar-refractivity contribution in [1.29, 1.82) is 0 Å². The average Bonchev–Trinajstić information content (AvgIpc) is 2.65. The third kappa shape index (κ3) is 3.79. The van der Waals surface area contributed by atoms with Gasteiger partial charge in [0.1, 0.15) is 5.75 Å². The first-order valence-electron chi connectivity index (χ1n) is 5.32. The van der Waals surface area contributed by atoms with E-state index >= 15 is 0 Å². The zero-order chi connectivity index (χ0) is 14.9. The van der Waals surface area contributed by atoms with Gasteiger partial charge >= 0.3 is 6.36 Å². The average molecular weight is 342 g/mol. The van der Waals surface area contributed by atoms with E-state index in [1.807, 2.05) is 0 Å². The summed E-state index contributed by atoms with van der Waals surface area (Å²) in [5, 5.41) is 0. The van der Waals surface area contributed by atoms with E-state index in [9.17, 15) is 13.2 Å². The molecule has 0 radical (unpaired) electrons. The first kappa shape index (κ1) is 15.4. The molecule has 0 aliphatic heterocycles. The van der Waals surface area contributed by atoms with Crippen molar-refractivity contribution in [2.45, 2.75) is 12.4 Å². The lowest BCUT2D eigenvalue weighted by atomic mass is 10.0. The Bertz CT molecular complexity index is 615. The topological polar surface area (TPSA) is 35.2 Å². The second kappa shape index (κ2) is 5.81. The van der Waals surface area contributed by atoms with Crippen LogP contribution < -0.4 is 10.5 Å². The van der Waals surface area contributed by atoms with E-state index in [0.717, 1.165) is 11.3 Å². The first-order chi connectivity index (χ1) is 9.26. The molecule has 1 unspecified atom stereocenters. The molecule has 2 rings (SSSR count). The number of benzene rings is 1. The van der Waals surface area contributed by atoms with Gasteiger partial charge in [-0.05, 0) is 23.8 Å². The molecule has 0 spiro atoms. The number of halogens is 5. The third-order valence-electron chi connectivity index (χ3n) is 2.47. The van der Waals surface area contributed by atoms with Gasteiger partial charge in [0, 0.05) is 5.56 Å². The van der Waals surface area contributed by atoms with Crippen LogP contribution in [-0.2, 0) is 0 Å². The summed E-state index contributed by atoms with van der Waals surface area (Å²) in [6.45, 7) is 0. The van der Waals surface area contributed by atoms with Crippen LogP contribution in [0.1, 0.15) is 17.2 Å². The maximum atomic E-state index is 12.2. The Hall–Kier alpha value is -0.950. The van der Waals surface area contributed by atoms with Gasteiger partial charge in [-0.15, -0.1) is 24.5 Å². The summed E-state index contributed by atoms with van der Waals surface area (Å²) in [5.41, 5.74) is 7.00. The van der Waals surface area contributed by atoms with E-state index in [0.29, 0.717) is 19.8 Å². The molecule has 0 amide bonds. The summed E-state index contributed by atoms with van der Waals surface area (Å²) in [6.07, 6.45) is -4.74. The molecule has 0 fully saturated rings. The van der Waals surface area contributed by atoms with Crippen molar-refractivity contribution >= 4 is 34.5 Å². The second-order valence-corrected chi connectivity index (χ2v) is 6.16. The van der Waals surface area contributed by atoms with Crippen LogP contribution in [0.5, 0.6) is 5.75 Å². The molecule has 0 bridgehead atoms. The maximum Gasteiger partial charge on any atom is 0.573 e. The number of hydrogen-bond acceptors (Lipinski definition) is 3. The first-order valence-corrected chi connectivity index (χ1v) is 6.89. The van der Waals surface area contributed by atoms with Gasteiger partial charge in [0.25, 0.3) is 0 Å². The highest BCUT2D eigenvalue weighted by atomic mass is 35.5. The standard InChI is InChI=1S/C12H8Cl2F3NOS/c13-9-5-8(11(14)20-9)10(18)6-2-1-3-7(4-6)19-12(15,16)17/h1-5,10H,18H2. The number of rotatable bonds is 3. The molecular formula is C12H8Cl2F3NOS. The second-order valence-electron chi connectivity index (χ2n) is 3.88. The van der Waals surface area contributed by atoms with Crippen molar-refractivity contribution in [3.63, 3.8) is 0 Å². The van der Waals surface area contributed by atoms with Gasteiger partial charge in [-0.25, -0.2) is 0 Å². The van der Waals surface area contributed by atoms with E-state index in [1.54, 1.807) is 12.1 Å². The van der Waals surface area contributed by atoms with Crippen LogP contribution in [0.15, 0.2) is 30.3 Å². The number of hydrogen-bond donors (Lipinski definition) is 1. The third-order valence-corrected chi connectivity index (χ3v) is 3.99.